The van der Waals surface area contributed by atoms with Gasteiger partial charge in [-0.25, -0.2) is 0 Å². The molecule has 2 unspecified atom stereocenters. The fourth-order valence-electron chi connectivity index (χ4n) is 6.28. The molecular weight excluding hydrogens is 624 g/mol. The van der Waals surface area contributed by atoms with E-state index in [4.69, 9.17) is 17.0 Å². The van der Waals surface area contributed by atoms with Gasteiger partial charge < -0.3 is 14.2 Å². The standard InChI is InChI=1S/C26H28Br2N4O4S/c1-29-23(34)26(24(35)30(2)25(29)37,10-16-8-18(27)9-19(28)22(16)36-3)14-31-11-15-7-17(13-31)20-5-4-6-21(33)32(20)12-15/h4-6,8-9,15,17H,7,10-14H2,1-3H3. The van der Waals surface area contributed by atoms with Crippen molar-refractivity contribution in [3.63, 3.8) is 0 Å². The summed E-state index contributed by atoms with van der Waals surface area (Å²) >= 11 is 12.5. The second-order valence-corrected chi connectivity index (χ2v) is 12.4. The fraction of sp³-hybridized carbons (Fsp3) is 0.462. The van der Waals surface area contributed by atoms with E-state index in [0.717, 1.165) is 26.6 Å². The number of carbonyl (C=O) groups excluding carboxylic acids is 2. The first kappa shape index (κ1) is 26.5. The lowest BCUT2D eigenvalue weighted by Gasteiger charge is -2.48. The van der Waals surface area contributed by atoms with Gasteiger partial charge in [-0.2, -0.15) is 0 Å². The molecule has 0 spiro atoms. The SMILES string of the molecule is COc1c(Br)cc(Br)cc1CC1(CN2CC3CC(C2)c2cccc(=O)n2C3)C(=O)N(C)C(=S)N(C)C1=O. The zero-order valence-electron chi connectivity index (χ0n) is 20.9. The summed E-state index contributed by atoms with van der Waals surface area (Å²) in [6, 6.07) is 9.20. The Morgan fingerprint density at radius 3 is 2.43 bits per heavy atom. The molecule has 0 aliphatic carbocycles. The molecule has 5 rings (SSSR count). The van der Waals surface area contributed by atoms with E-state index in [9.17, 15) is 14.4 Å². The Labute approximate surface area is 237 Å². The van der Waals surface area contributed by atoms with Gasteiger partial charge in [-0.1, -0.05) is 22.0 Å². The number of aromatic nitrogens is 1. The molecule has 37 heavy (non-hydrogen) atoms. The predicted octanol–water partition coefficient (Wildman–Crippen LogP) is 3.25. The van der Waals surface area contributed by atoms with Crippen LogP contribution in [-0.2, 0) is 22.6 Å². The molecule has 3 aliphatic heterocycles. The predicted molar refractivity (Wildman–Crippen MR) is 151 cm³/mol. The molecule has 2 aromatic rings. The van der Waals surface area contributed by atoms with E-state index in [-0.39, 0.29) is 47.3 Å². The number of thiocarbonyl (C=S) groups is 1. The van der Waals surface area contributed by atoms with E-state index in [2.05, 4.69) is 36.8 Å². The van der Waals surface area contributed by atoms with E-state index >= 15 is 0 Å². The number of ether oxygens (including phenoxy) is 1. The first-order valence-electron chi connectivity index (χ1n) is 12.1. The summed E-state index contributed by atoms with van der Waals surface area (Å²) in [6.45, 7) is 2.27. The van der Waals surface area contributed by atoms with E-state index < -0.39 is 5.41 Å². The number of halogens is 2. The third kappa shape index (κ3) is 4.47. The molecule has 1 aromatic carbocycles. The van der Waals surface area contributed by atoms with Gasteiger partial charge in [0.25, 0.3) is 5.56 Å². The van der Waals surface area contributed by atoms with Crippen LogP contribution in [0.1, 0.15) is 23.6 Å². The summed E-state index contributed by atoms with van der Waals surface area (Å²) in [6.07, 6.45) is 1.15. The summed E-state index contributed by atoms with van der Waals surface area (Å²) in [5.74, 6) is 0.393. The molecule has 11 heteroatoms. The van der Waals surface area contributed by atoms with Crippen molar-refractivity contribution in [3.8, 4) is 5.75 Å². The van der Waals surface area contributed by atoms with Crippen LogP contribution in [0.5, 0.6) is 5.75 Å². The molecule has 2 amide bonds. The van der Waals surface area contributed by atoms with Crippen LogP contribution >= 0.6 is 44.1 Å². The summed E-state index contributed by atoms with van der Waals surface area (Å²) < 4.78 is 9.10. The molecule has 2 saturated heterocycles. The molecule has 2 fully saturated rings. The van der Waals surface area contributed by atoms with Crippen LogP contribution in [0.2, 0.25) is 0 Å². The Balaban J connectivity index is 1.55. The minimum Gasteiger partial charge on any atom is -0.495 e. The van der Waals surface area contributed by atoms with Crippen LogP contribution in [0.4, 0.5) is 0 Å². The lowest BCUT2D eigenvalue weighted by molar-refractivity contribution is -0.157. The summed E-state index contributed by atoms with van der Waals surface area (Å²) in [5, 5.41) is 0.192. The number of fused-ring (bicyclic) bond motifs is 4. The van der Waals surface area contributed by atoms with Crippen molar-refractivity contribution < 1.29 is 14.3 Å². The number of hydrogen-bond acceptors (Lipinski definition) is 6. The van der Waals surface area contributed by atoms with Gasteiger partial charge in [-0.05, 0) is 64.2 Å². The smallest absolute Gasteiger partial charge is 0.250 e. The number of hydrogen-bond donors (Lipinski definition) is 0. The summed E-state index contributed by atoms with van der Waals surface area (Å²) in [4.78, 5) is 45.5. The molecule has 0 radical (unpaired) electrons. The molecule has 0 saturated carbocycles. The Morgan fingerprint density at radius 1 is 1.05 bits per heavy atom. The van der Waals surface area contributed by atoms with Crippen molar-refractivity contribution in [2.75, 3.05) is 40.8 Å². The maximum Gasteiger partial charge on any atom is 0.250 e. The molecule has 4 heterocycles. The average Bonchev–Trinajstić information content (AvgIpc) is 2.85. The van der Waals surface area contributed by atoms with Crippen molar-refractivity contribution in [2.24, 2.45) is 11.3 Å². The first-order chi connectivity index (χ1) is 17.6. The van der Waals surface area contributed by atoms with Gasteiger partial charge in [-0.3, -0.25) is 24.2 Å². The van der Waals surface area contributed by atoms with Crippen molar-refractivity contribution in [2.45, 2.75) is 25.3 Å². The minimum atomic E-state index is -1.39. The van der Waals surface area contributed by atoms with Gasteiger partial charge in [0.2, 0.25) is 11.8 Å². The fourth-order valence-corrected chi connectivity index (χ4v) is 7.92. The van der Waals surface area contributed by atoms with Crippen molar-refractivity contribution in [1.82, 2.24) is 19.3 Å². The molecule has 2 atom stereocenters. The van der Waals surface area contributed by atoms with Gasteiger partial charge in [-0.15, -0.1) is 0 Å². The van der Waals surface area contributed by atoms with Crippen LogP contribution < -0.4 is 10.3 Å². The second-order valence-electron chi connectivity index (χ2n) is 10.2. The van der Waals surface area contributed by atoms with Crippen LogP contribution in [0.3, 0.4) is 0 Å². The Bertz CT molecular complexity index is 1340. The Hall–Kier alpha value is -2.08. The zero-order valence-corrected chi connectivity index (χ0v) is 24.9. The third-order valence-electron chi connectivity index (χ3n) is 7.83. The van der Waals surface area contributed by atoms with Gasteiger partial charge >= 0.3 is 0 Å². The highest BCUT2D eigenvalue weighted by Crippen LogP contribution is 2.42. The third-order valence-corrected chi connectivity index (χ3v) is 9.43. The molecule has 2 bridgehead atoms. The number of benzene rings is 1. The summed E-state index contributed by atoms with van der Waals surface area (Å²) in [7, 11) is 4.83. The topological polar surface area (TPSA) is 75.1 Å². The van der Waals surface area contributed by atoms with E-state index in [0.29, 0.717) is 25.4 Å². The van der Waals surface area contributed by atoms with Gasteiger partial charge in [0.15, 0.2) is 5.11 Å². The number of amides is 2. The maximum absolute atomic E-state index is 14.0. The number of pyridine rings is 1. The highest BCUT2D eigenvalue weighted by molar-refractivity contribution is 9.11. The highest BCUT2D eigenvalue weighted by atomic mass is 79.9. The van der Waals surface area contributed by atoms with Crippen molar-refractivity contribution in [3.05, 3.63) is 60.9 Å². The molecular formula is C26H28Br2N4O4S. The Morgan fingerprint density at radius 2 is 1.76 bits per heavy atom. The van der Waals surface area contributed by atoms with Crippen LogP contribution in [-0.4, -0.2) is 77.0 Å². The quantitative estimate of drug-likeness (QED) is 0.365. The van der Waals surface area contributed by atoms with E-state index in [1.165, 1.54) is 9.80 Å². The van der Waals surface area contributed by atoms with Crippen LogP contribution in [0.25, 0.3) is 0 Å². The largest absolute Gasteiger partial charge is 0.495 e. The second kappa shape index (κ2) is 9.91. The monoisotopic (exact) mass is 650 g/mol. The molecule has 3 aliphatic rings. The average molecular weight is 652 g/mol. The van der Waals surface area contributed by atoms with Gasteiger partial charge in [0, 0.05) is 68.8 Å². The normalized spacial score (nSPS) is 23.3. The number of piperidine rings is 1. The van der Waals surface area contributed by atoms with Crippen LogP contribution in [0.15, 0.2) is 44.1 Å². The maximum atomic E-state index is 14.0. The highest BCUT2D eigenvalue weighted by Gasteiger charge is 2.56. The van der Waals surface area contributed by atoms with Crippen molar-refractivity contribution in [1.29, 1.82) is 0 Å². The number of likely N-dealkylation sites (tertiary alicyclic amines) is 1. The molecule has 0 N–H and O–H groups in total. The lowest BCUT2D eigenvalue weighted by atomic mass is 9.75. The molecule has 1 aromatic heterocycles. The number of carbonyl (C=O) groups is 2. The lowest BCUT2D eigenvalue weighted by Crippen LogP contribution is -2.67. The van der Waals surface area contributed by atoms with E-state index in [1.807, 2.05) is 28.8 Å². The molecule has 196 valence electrons. The number of methoxy groups -OCH3 is 1. The van der Waals surface area contributed by atoms with Gasteiger partial charge in [0.05, 0.1) is 11.6 Å². The zero-order chi connectivity index (χ0) is 26.6. The van der Waals surface area contributed by atoms with Gasteiger partial charge in [0.1, 0.15) is 11.2 Å². The molecule has 8 nitrogen and oxygen atoms in total. The minimum absolute atomic E-state index is 0.0267. The van der Waals surface area contributed by atoms with E-state index in [1.54, 1.807) is 27.3 Å². The first-order valence-corrected chi connectivity index (χ1v) is 14.1. The number of rotatable bonds is 5. The summed E-state index contributed by atoms with van der Waals surface area (Å²) in [5.41, 5.74) is 0.409. The van der Waals surface area contributed by atoms with Crippen molar-refractivity contribution >= 4 is 61.0 Å². The number of nitrogens with zero attached hydrogens (tertiary/aromatic N) is 4. The van der Waals surface area contributed by atoms with Crippen LogP contribution in [0, 0.1) is 11.3 Å². The Kier molecular flexibility index (Phi) is 7.10.